The van der Waals surface area contributed by atoms with Gasteiger partial charge in [-0.25, -0.2) is 26.3 Å². The van der Waals surface area contributed by atoms with Gasteiger partial charge >= 0.3 is 0 Å². The van der Waals surface area contributed by atoms with Gasteiger partial charge in [0.25, 0.3) is 5.91 Å². The predicted molar refractivity (Wildman–Crippen MR) is 93.3 cm³/mol. The molecule has 1 aliphatic rings. The predicted octanol–water partition coefficient (Wildman–Crippen LogP) is 3.58. The number of halogens is 3. The van der Waals surface area contributed by atoms with E-state index < -0.39 is 44.5 Å². The van der Waals surface area contributed by atoms with E-state index in [1.807, 2.05) is 0 Å². The molecule has 1 fully saturated rings. The molecule has 0 aliphatic heterocycles. The number of carbonyl (C=O) groups is 1. The van der Waals surface area contributed by atoms with Crippen LogP contribution in [0.25, 0.3) is 0 Å². The first-order chi connectivity index (χ1) is 12.6. The van der Waals surface area contributed by atoms with Gasteiger partial charge in [-0.15, -0.1) is 0 Å². The highest BCUT2D eigenvalue weighted by Gasteiger charge is 2.36. The molecule has 0 radical (unpaired) electrons. The Bertz CT molecular complexity index is 1000. The number of amides is 1. The van der Waals surface area contributed by atoms with E-state index in [2.05, 4.69) is 10.0 Å². The van der Waals surface area contributed by atoms with Gasteiger partial charge in [0.15, 0.2) is 11.6 Å². The van der Waals surface area contributed by atoms with Gasteiger partial charge in [-0.2, -0.15) is 0 Å². The Morgan fingerprint density at radius 1 is 1.00 bits per heavy atom. The zero-order valence-corrected chi connectivity index (χ0v) is 15.2. The van der Waals surface area contributed by atoms with Gasteiger partial charge in [0.1, 0.15) is 5.82 Å². The van der Waals surface area contributed by atoms with Gasteiger partial charge in [0, 0.05) is 17.3 Å². The van der Waals surface area contributed by atoms with E-state index in [9.17, 15) is 26.4 Å². The van der Waals surface area contributed by atoms with Crippen LogP contribution in [-0.2, 0) is 10.0 Å². The standard InChI is InChI=1S/C18H17F3N2O3S/c1-18(7-2-8-18)23-27(25,26)12-4-6-14(19)13(10-12)17(24)22-11-3-5-15(20)16(21)9-11/h3-6,9-10,23H,2,7-8H2,1H3,(H,22,24). The van der Waals surface area contributed by atoms with Crippen molar-refractivity contribution < 1.29 is 26.4 Å². The van der Waals surface area contributed by atoms with Crippen LogP contribution < -0.4 is 10.0 Å². The second-order valence-electron chi connectivity index (χ2n) is 6.74. The molecule has 0 saturated heterocycles. The van der Waals surface area contributed by atoms with Crippen molar-refractivity contribution >= 4 is 21.6 Å². The van der Waals surface area contributed by atoms with Crippen molar-refractivity contribution in [3.63, 3.8) is 0 Å². The second-order valence-corrected chi connectivity index (χ2v) is 8.43. The highest BCUT2D eigenvalue weighted by atomic mass is 32.2. The average molecular weight is 398 g/mol. The molecule has 2 aromatic carbocycles. The maximum Gasteiger partial charge on any atom is 0.258 e. The maximum absolute atomic E-state index is 14.1. The summed E-state index contributed by atoms with van der Waals surface area (Å²) in [6.07, 6.45) is 2.29. The first-order valence-corrected chi connectivity index (χ1v) is 9.68. The molecule has 1 aliphatic carbocycles. The number of carbonyl (C=O) groups excluding carboxylic acids is 1. The molecule has 9 heteroatoms. The summed E-state index contributed by atoms with van der Waals surface area (Å²) in [7, 11) is -3.94. The lowest BCUT2D eigenvalue weighted by atomic mass is 9.80. The molecule has 0 atom stereocenters. The third-order valence-electron chi connectivity index (χ3n) is 4.51. The smallest absolute Gasteiger partial charge is 0.258 e. The van der Waals surface area contributed by atoms with Crippen molar-refractivity contribution in [2.75, 3.05) is 5.32 Å². The zero-order chi connectivity index (χ0) is 19.8. The number of anilines is 1. The molecule has 0 unspecified atom stereocenters. The van der Waals surface area contributed by atoms with Crippen molar-refractivity contribution in [1.82, 2.24) is 4.72 Å². The first kappa shape index (κ1) is 19.4. The van der Waals surface area contributed by atoms with Crippen LogP contribution in [0.15, 0.2) is 41.3 Å². The van der Waals surface area contributed by atoms with E-state index in [4.69, 9.17) is 0 Å². The Morgan fingerprint density at radius 2 is 1.67 bits per heavy atom. The fourth-order valence-corrected chi connectivity index (χ4v) is 4.30. The van der Waals surface area contributed by atoms with Crippen LogP contribution in [0, 0.1) is 17.5 Å². The number of sulfonamides is 1. The molecule has 5 nitrogen and oxygen atoms in total. The Labute approximate surface area is 154 Å². The van der Waals surface area contributed by atoms with Crippen molar-refractivity contribution in [2.24, 2.45) is 0 Å². The van der Waals surface area contributed by atoms with Gasteiger partial charge < -0.3 is 5.32 Å². The van der Waals surface area contributed by atoms with E-state index in [1.165, 1.54) is 0 Å². The number of rotatable bonds is 5. The molecule has 144 valence electrons. The molecular formula is C18H17F3N2O3S. The average Bonchev–Trinajstić information content (AvgIpc) is 2.56. The lowest BCUT2D eigenvalue weighted by Gasteiger charge is -2.38. The van der Waals surface area contributed by atoms with Crippen LogP contribution in [0.3, 0.4) is 0 Å². The van der Waals surface area contributed by atoms with Gasteiger partial charge in [0.2, 0.25) is 10.0 Å². The van der Waals surface area contributed by atoms with Gasteiger partial charge in [-0.3, -0.25) is 4.79 Å². The Hall–Kier alpha value is -2.39. The van der Waals surface area contributed by atoms with Crippen LogP contribution in [0.2, 0.25) is 0 Å². The summed E-state index contributed by atoms with van der Waals surface area (Å²) >= 11 is 0. The van der Waals surface area contributed by atoms with Crippen LogP contribution >= 0.6 is 0 Å². The highest BCUT2D eigenvalue weighted by molar-refractivity contribution is 7.89. The van der Waals surface area contributed by atoms with Crippen molar-refractivity contribution in [3.05, 3.63) is 59.4 Å². The molecule has 1 amide bonds. The Balaban J connectivity index is 1.86. The minimum atomic E-state index is -3.94. The minimum absolute atomic E-state index is 0.0911. The highest BCUT2D eigenvalue weighted by Crippen LogP contribution is 2.32. The molecule has 2 N–H and O–H groups in total. The van der Waals surface area contributed by atoms with Gasteiger partial charge in [-0.1, -0.05) is 0 Å². The Kier molecular flexibility index (Phi) is 5.00. The lowest BCUT2D eigenvalue weighted by Crippen LogP contribution is -2.50. The largest absolute Gasteiger partial charge is 0.322 e. The van der Waals surface area contributed by atoms with E-state index in [0.717, 1.165) is 42.8 Å². The van der Waals surface area contributed by atoms with Gasteiger partial charge in [0.05, 0.1) is 10.5 Å². The third-order valence-corrected chi connectivity index (χ3v) is 6.14. The summed E-state index contributed by atoms with van der Waals surface area (Å²) in [6, 6.07) is 5.50. The van der Waals surface area contributed by atoms with E-state index in [-0.39, 0.29) is 10.6 Å². The van der Waals surface area contributed by atoms with Crippen LogP contribution in [0.4, 0.5) is 18.9 Å². The third kappa shape index (κ3) is 4.14. The number of benzene rings is 2. The van der Waals surface area contributed by atoms with Crippen LogP contribution in [0.1, 0.15) is 36.5 Å². The molecule has 27 heavy (non-hydrogen) atoms. The van der Waals surface area contributed by atoms with E-state index >= 15 is 0 Å². The van der Waals surface area contributed by atoms with Crippen molar-refractivity contribution in [3.8, 4) is 0 Å². The first-order valence-electron chi connectivity index (χ1n) is 8.20. The maximum atomic E-state index is 14.1. The SMILES string of the molecule is CC1(NS(=O)(=O)c2ccc(F)c(C(=O)Nc3ccc(F)c(F)c3)c2)CCC1. The van der Waals surface area contributed by atoms with E-state index in [0.29, 0.717) is 12.8 Å². The summed E-state index contributed by atoms with van der Waals surface area (Å²) in [5, 5.41) is 2.22. The summed E-state index contributed by atoms with van der Waals surface area (Å²) in [6.45, 7) is 1.77. The Morgan fingerprint density at radius 3 is 2.26 bits per heavy atom. The number of nitrogens with one attached hydrogen (secondary N) is 2. The second kappa shape index (κ2) is 6.97. The molecule has 0 heterocycles. The molecule has 2 aromatic rings. The molecule has 0 bridgehead atoms. The zero-order valence-electron chi connectivity index (χ0n) is 14.4. The minimum Gasteiger partial charge on any atom is -0.322 e. The summed E-state index contributed by atoms with van der Waals surface area (Å²) in [5.41, 5.74) is -1.17. The summed E-state index contributed by atoms with van der Waals surface area (Å²) in [4.78, 5) is 12.0. The molecule has 0 aromatic heterocycles. The summed E-state index contributed by atoms with van der Waals surface area (Å²) < 4.78 is 67.8. The quantitative estimate of drug-likeness (QED) is 0.809. The lowest BCUT2D eigenvalue weighted by molar-refractivity contribution is 0.102. The molecular weight excluding hydrogens is 381 g/mol. The fourth-order valence-electron chi connectivity index (χ4n) is 2.81. The van der Waals surface area contributed by atoms with Gasteiger partial charge in [-0.05, 0) is 56.5 Å². The number of hydrogen-bond acceptors (Lipinski definition) is 3. The topological polar surface area (TPSA) is 75.3 Å². The molecule has 1 saturated carbocycles. The van der Waals surface area contributed by atoms with Crippen LogP contribution in [-0.4, -0.2) is 19.9 Å². The van der Waals surface area contributed by atoms with Crippen molar-refractivity contribution in [2.45, 2.75) is 36.6 Å². The monoisotopic (exact) mass is 398 g/mol. The molecule has 3 rings (SSSR count). The van der Waals surface area contributed by atoms with E-state index in [1.54, 1.807) is 6.92 Å². The summed E-state index contributed by atoms with van der Waals surface area (Å²) in [5.74, 6) is -4.19. The molecule has 0 spiro atoms. The van der Waals surface area contributed by atoms with Crippen LogP contribution in [0.5, 0.6) is 0 Å². The fraction of sp³-hybridized carbons (Fsp3) is 0.278. The van der Waals surface area contributed by atoms with Crippen molar-refractivity contribution in [1.29, 1.82) is 0 Å². The normalized spacial score (nSPS) is 15.9. The number of hydrogen-bond donors (Lipinski definition) is 2.